The van der Waals surface area contributed by atoms with Crippen LogP contribution in [0.25, 0.3) is 22.2 Å². The average Bonchev–Trinajstić information content (AvgIpc) is 2.71. The Morgan fingerprint density at radius 2 is 2.00 bits per heavy atom. The SMILES string of the molecule is Fc1cccc(-c2cnc3c(ccn3S)c2)c1. The maximum absolute atomic E-state index is 13.1. The van der Waals surface area contributed by atoms with Gasteiger partial charge in [0.15, 0.2) is 0 Å². The lowest BCUT2D eigenvalue weighted by atomic mass is 10.1. The third-order valence-corrected chi connectivity index (χ3v) is 2.99. The Kier molecular flexibility index (Phi) is 2.37. The lowest BCUT2D eigenvalue weighted by Gasteiger charge is -2.02. The molecule has 0 aliphatic rings. The molecule has 0 radical (unpaired) electrons. The number of benzene rings is 1. The second-order valence-electron chi connectivity index (χ2n) is 3.81. The molecule has 0 amide bonds. The van der Waals surface area contributed by atoms with Gasteiger partial charge in [0, 0.05) is 23.3 Å². The number of aromatic nitrogens is 2. The smallest absolute Gasteiger partial charge is 0.149 e. The molecule has 3 rings (SSSR count). The number of halogens is 1. The lowest BCUT2D eigenvalue weighted by Crippen LogP contribution is -1.85. The Morgan fingerprint density at radius 3 is 2.82 bits per heavy atom. The standard InChI is InChI=1S/C13H9FN2S/c14-12-3-1-2-9(7-12)11-6-10-4-5-16(17)13(10)15-8-11/h1-8,17H. The summed E-state index contributed by atoms with van der Waals surface area (Å²) in [5.41, 5.74) is 2.52. The maximum atomic E-state index is 13.1. The third-order valence-electron chi connectivity index (χ3n) is 2.67. The fourth-order valence-electron chi connectivity index (χ4n) is 1.84. The van der Waals surface area contributed by atoms with Crippen molar-refractivity contribution in [2.45, 2.75) is 0 Å². The van der Waals surface area contributed by atoms with Gasteiger partial charge in [-0.3, -0.25) is 3.97 Å². The predicted octanol–water partition coefficient (Wildman–Crippen LogP) is 3.54. The molecular formula is C13H9FN2S. The van der Waals surface area contributed by atoms with Crippen molar-refractivity contribution in [3.8, 4) is 11.1 Å². The van der Waals surface area contributed by atoms with E-state index in [1.807, 2.05) is 24.4 Å². The van der Waals surface area contributed by atoms with Gasteiger partial charge in [0.2, 0.25) is 0 Å². The second-order valence-corrected chi connectivity index (χ2v) is 4.24. The van der Waals surface area contributed by atoms with Crippen molar-refractivity contribution in [3.05, 3.63) is 54.6 Å². The van der Waals surface area contributed by atoms with Gasteiger partial charge in [0.05, 0.1) is 0 Å². The summed E-state index contributed by atoms with van der Waals surface area (Å²) in [4.78, 5) is 4.31. The fourth-order valence-corrected chi connectivity index (χ4v) is 2.07. The normalized spacial score (nSPS) is 10.9. The quantitative estimate of drug-likeness (QED) is 0.648. The molecule has 0 aliphatic heterocycles. The highest BCUT2D eigenvalue weighted by atomic mass is 32.1. The van der Waals surface area contributed by atoms with Crippen LogP contribution in [0, 0.1) is 5.82 Å². The fraction of sp³-hybridized carbons (Fsp3) is 0. The van der Waals surface area contributed by atoms with Crippen LogP contribution in [0.4, 0.5) is 4.39 Å². The van der Waals surface area contributed by atoms with Crippen LogP contribution in [-0.2, 0) is 0 Å². The first-order valence-corrected chi connectivity index (χ1v) is 5.56. The first-order valence-electron chi connectivity index (χ1n) is 5.16. The number of nitrogens with zero attached hydrogens (tertiary/aromatic N) is 2. The third kappa shape index (κ3) is 1.80. The summed E-state index contributed by atoms with van der Waals surface area (Å²) in [6.45, 7) is 0. The van der Waals surface area contributed by atoms with E-state index in [1.165, 1.54) is 12.1 Å². The van der Waals surface area contributed by atoms with Crippen LogP contribution < -0.4 is 0 Å². The molecule has 2 nitrogen and oxygen atoms in total. The Balaban J connectivity index is 2.18. The topological polar surface area (TPSA) is 17.8 Å². The molecule has 0 saturated carbocycles. The summed E-state index contributed by atoms with van der Waals surface area (Å²) in [7, 11) is 0. The number of pyridine rings is 1. The van der Waals surface area contributed by atoms with Crippen molar-refractivity contribution in [1.82, 2.24) is 8.96 Å². The zero-order valence-corrected chi connectivity index (χ0v) is 9.73. The summed E-state index contributed by atoms with van der Waals surface area (Å²) in [6, 6.07) is 10.4. The van der Waals surface area contributed by atoms with E-state index in [2.05, 4.69) is 17.8 Å². The summed E-state index contributed by atoms with van der Waals surface area (Å²) < 4.78 is 14.8. The zero-order chi connectivity index (χ0) is 11.8. The summed E-state index contributed by atoms with van der Waals surface area (Å²) in [6.07, 6.45) is 3.56. The van der Waals surface area contributed by atoms with Crippen LogP contribution in [0.15, 0.2) is 48.8 Å². The molecule has 0 atom stereocenters. The van der Waals surface area contributed by atoms with Gasteiger partial charge in [-0.1, -0.05) is 24.9 Å². The highest BCUT2D eigenvalue weighted by Gasteiger charge is 2.04. The van der Waals surface area contributed by atoms with Crippen molar-refractivity contribution in [1.29, 1.82) is 0 Å². The van der Waals surface area contributed by atoms with E-state index in [0.29, 0.717) is 0 Å². The van der Waals surface area contributed by atoms with Crippen molar-refractivity contribution in [2.75, 3.05) is 0 Å². The van der Waals surface area contributed by atoms with Crippen LogP contribution in [0.5, 0.6) is 0 Å². The van der Waals surface area contributed by atoms with E-state index < -0.39 is 0 Å². The maximum Gasteiger partial charge on any atom is 0.149 e. The average molecular weight is 244 g/mol. The number of hydrogen-bond donors (Lipinski definition) is 1. The molecule has 0 fully saturated rings. The molecule has 17 heavy (non-hydrogen) atoms. The minimum atomic E-state index is -0.241. The molecule has 0 bridgehead atoms. The van der Waals surface area contributed by atoms with Crippen molar-refractivity contribution >= 4 is 23.8 Å². The van der Waals surface area contributed by atoms with Gasteiger partial charge < -0.3 is 0 Å². The Morgan fingerprint density at radius 1 is 1.12 bits per heavy atom. The largest absolute Gasteiger partial charge is 0.278 e. The Bertz CT molecular complexity index is 691. The van der Waals surface area contributed by atoms with E-state index in [9.17, 15) is 4.39 Å². The molecule has 1 aromatic carbocycles. The van der Waals surface area contributed by atoms with Gasteiger partial charge >= 0.3 is 0 Å². The zero-order valence-electron chi connectivity index (χ0n) is 8.84. The number of fused-ring (bicyclic) bond motifs is 1. The van der Waals surface area contributed by atoms with Crippen LogP contribution >= 0.6 is 12.8 Å². The van der Waals surface area contributed by atoms with Gasteiger partial charge in [-0.2, -0.15) is 0 Å². The van der Waals surface area contributed by atoms with Gasteiger partial charge in [0.25, 0.3) is 0 Å². The predicted molar refractivity (Wildman–Crippen MR) is 69.5 cm³/mol. The summed E-state index contributed by atoms with van der Waals surface area (Å²) >= 11 is 4.23. The van der Waals surface area contributed by atoms with Crippen LogP contribution in [-0.4, -0.2) is 8.96 Å². The minimum absolute atomic E-state index is 0.241. The number of thiol groups is 1. The van der Waals surface area contributed by atoms with E-state index in [1.54, 1.807) is 16.2 Å². The minimum Gasteiger partial charge on any atom is -0.278 e. The van der Waals surface area contributed by atoms with Crippen molar-refractivity contribution in [2.24, 2.45) is 0 Å². The number of rotatable bonds is 1. The molecule has 4 heteroatoms. The molecule has 84 valence electrons. The molecule has 0 saturated heterocycles. The summed E-state index contributed by atoms with van der Waals surface area (Å²) in [5.74, 6) is -0.241. The van der Waals surface area contributed by atoms with Crippen LogP contribution in [0.1, 0.15) is 0 Å². The highest BCUT2D eigenvalue weighted by Crippen LogP contribution is 2.24. The molecule has 2 aromatic heterocycles. The van der Waals surface area contributed by atoms with Gasteiger partial charge in [-0.05, 0) is 29.8 Å². The van der Waals surface area contributed by atoms with E-state index in [4.69, 9.17) is 0 Å². The second kappa shape index (κ2) is 3.89. The van der Waals surface area contributed by atoms with E-state index in [-0.39, 0.29) is 5.82 Å². The monoisotopic (exact) mass is 244 g/mol. The van der Waals surface area contributed by atoms with Gasteiger partial charge in [-0.15, -0.1) is 0 Å². The van der Waals surface area contributed by atoms with Gasteiger partial charge in [-0.25, -0.2) is 9.37 Å². The molecule has 0 aliphatic carbocycles. The van der Waals surface area contributed by atoms with Gasteiger partial charge in [0.1, 0.15) is 11.5 Å². The molecule has 0 unspecified atom stereocenters. The van der Waals surface area contributed by atoms with Crippen LogP contribution in [0.3, 0.4) is 0 Å². The number of hydrogen-bond acceptors (Lipinski definition) is 2. The lowest BCUT2D eigenvalue weighted by molar-refractivity contribution is 0.628. The highest BCUT2D eigenvalue weighted by molar-refractivity contribution is 7.78. The van der Waals surface area contributed by atoms with Crippen LogP contribution in [0.2, 0.25) is 0 Å². The van der Waals surface area contributed by atoms with Crippen molar-refractivity contribution in [3.63, 3.8) is 0 Å². The molecule has 2 heterocycles. The Hall–Kier alpha value is -1.81. The first kappa shape index (κ1) is 10.4. The van der Waals surface area contributed by atoms with E-state index in [0.717, 1.165) is 22.2 Å². The van der Waals surface area contributed by atoms with Crippen molar-refractivity contribution < 1.29 is 4.39 Å². The van der Waals surface area contributed by atoms with E-state index >= 15 is 0 Å². The molecule has 0 spiro atoms. The first-order chi connectivity index (χ1) is 8.24. The Labute approximate surface area is 103 Å². The molecule has 0 N–H and O–H groups in total. The summed E-state index contributed by atoms with van der Waals surface area (Å²) in [5, 5.41) is 0.988. The molecular weight excluding hydrogens is 235 g/mol. The molecule has 3 aromatic rings.